The molecule has 0 radical (unpaired) electrons. The molecule has 2 bridgehead atoms. The molecule has 3 fully saturated rings. The van der Waals surface area contributed by atoms with Crippen LogP contribution in [-0.4, -0.2) is 66.0 Å². The Labute approximate surface area is 133 Å². The number of non-ortho nitro benzene ring substituents is 1. The zero-order valence-corrected chi connectivity index (χ0v) is 12.9. The van der Waals surface area contributed by atoms with Gasteiger partial charge in [0.05, 0.1) is 35.3 Å². The first-order valence-electron chi connectivity index (χ1n) is 7.29. The molecule has 1 N–H and O–H groups in total. The van der Waals surface area contributed by atoms with E-state index in [1.807, 2.05) is 0 Å². The number of nitro groups is 1. The van der Waals surface area contributed by atoms with E-state index in [4.69, 9.17) is 11.6 Å². The van der Waals surface area contributed by atoms with Crippen molar-refractivity contribution >= 4 is 28.9 Å². The molecule has 3 aliphatic heterocycles. The summed E-state index contributed by atoms with van der Waals surface area (Å²) >= 11 is 6.01. The monoisotopic (exact) mass is 325 g/mol. The molecule has 0 spiro atoms. The summed E-state index contributed by atoms with van der Waals surface area (Å²) in [6.45, 7) is 6.58. The lowest BCUT2D eigenvalue weighted by Gasteiger charge is -2.50. The number of halogens is 1. The van der Waals surface area contributed by atoms with Crippen LogP contribution in [0.3, 0.4) is 0 Å². The van der Waals surface area contributed by atoms with Gasteiger partial charge in [0, 0.05) is 31.8 Å². The number of rotatable bonds is 4. The van der Waals surface area contributed by atoms with E-state index in [1.165, 1.54) is 18.2 Å². The molecular weight excluding hydrogens is 308 g/mol. The summed E-state index contributed by atoms with van der Waals surface area (Å²) in [7, 11) is 0. The lowest BCUT2D eigenvalue weighted by molar-refractivity contribution is -0.933. The highest BCUT2D eigenvalue weighted by atomic mass is 35.5. The highest BCUT2D eigenvalue weighted by Gasteiger charge is 2.39. The molecule has 0 aliphatic carbocycles. The van der Waals surface area contributed by atoms with Crippen molar-refractivity contribution in [2.24, 2.45) is 0 Å². The van der Waals surface area contributed by atoms with Crippen molar-refractivity contribution < 1.29 is 14.2 Å². The van der Waals surface area contributed by atoms with Crippen LogP contribution in [0.25, 0.3) is 0 Å². The van der Waals surface area contributed by atoms with Crippen LogP contribution in [0.1, 0.15) is 0 Å². The van der Waals surface area contributed by atoms with Gasteiger partial charge in [-0.1, -0.05) is 11.6 Å². The number of hydrogen-bond acceptors (Lipinski definition) is 4. The number of nitrogens with zero attached hydrogens (tertiary/aromatic N) is 3. The van der Waals surface area contributed by atoms with Crippen molar-refractivity contribution in [3.8, 4) is 0 Å². The number of nitro benzene ring substituents is 1. The quantitative estimate of drug-likeness (QED) is 0.515. The summed E-state index contributed by atoms with van der Waals surface area (Å²) in [5.74, 6) is -0.0916. The third-order valence-corrected chi connectivity index (χ3v) is 4.90. The molecule has 1 amide bonds. The van der Waals surface area contributed by atoms with Gasteiger partial charge in [-0.2, -0.15) is 0 Å². The molecule has 0 unspecified atom stereocenters. The molecule has 1 aromatic carbocycles. The van der Waals surface area contributed by atoms with Crippen LogP contribution in [0, 0.1) is 10.1 Å². The number of benzene rings is 1. The minimum atomic E-state index is -0.511. The second-order valence-electron chi connectivity index (χ2n) is 5.98. The summed E-state index contributed by atoms with van der Waals surface area (Å²) in [4.78, 5) is 24.9. The van der Waals surface area contributed by atoms with E-state index in [0.717, 1.165) is 43.8 Å². The summed E-state index contributed by atoms with van der Waals surface area (Å²) in [5, 5.41) is 13.7. The number of hydrogen-bond donors (Lipinski definition) is 1. The molecule has 118 valence electrons. The molecule has 7 nitrogen and oxygen atoms in total. The number of nitrogens with one attached hydrogen (secondary N) is 1. The van der Waals surface area contributed by atoms with Crippen molar-refractivity contribution in [2.45, 2.75) is 0 Å². The van der Waals surface area contributed by atoms with E-state index in [9.17, 15) is 14.9 Å². The van der Waals surface area contributed by atoms with E-state index in [1.54, 1.807) is 0 Å². The van der Waals surface area contributed by atoms with Crippen LogP contribution < -0.4 is 5.32 Å². The first-order chi connectivity index (χ1) is 10.5. The van der Waals surface area contributed by atoms with Gasteiger partial charge in [-0.25, -0.2) is 0 Å². The van der Waals surface area contributed by atoms with E-state index in [-0.39, 0.29) is 16.6 Å². The number of carbonyl (C=O) groups is 1. The topological polar surface area (TPSA) is 75.5 Å². The van der Waals surface area contributed by atoms with Gasteiger partial charge in [-0.3, -0.25) is 19.8 Å². The molecule has 0 atom stereocenters. The van der Waals surface area contributed by atoms with Crippen LogP contribution in [-0.2, 0) is 4.79 Å². The molecule has 3 saturated heterocycles. The summed E-state index contributed by atoms with van der Waals surface area (Å²) in [6, 6.07) is 4.07. The predicted octanol–water partition coefficient (Wildman–Crippen LogP) is 1.33. The number of fused-ring (bicyclic) bond motifs is 3. The molecule has 22 heavy (non-hydrogen) atoms. The number of quaternary nitrogens is 1. The molecule has 0 saturated carbocycles. The molecule has 8 heteroatoms. The first-order valence-corrected chi connectivity index (χ1v) is 7.67. The maximum atomic E-state index is 12.3. The number of amides is 1. The van der Waals surface area contributed by atoms with Crippen molar-refractivity contribution in [3.05, 3.63) is 33.3 Å². The van der Waals surface area contributed by atoms with Crippen LogP contribution in [0.4, 0.5) is 11.4 Å². The Hall–Kier alpha value is -1.70. The average molecular weight is 326 g/mol. The van der Waals surface area contributed by atoms with Crippen molar-refractivity contribution in [2.75, 3.05) is 51.1 Å². The first kappa shape index (κ1) is 15.2. The highest BCUT2D eigenvalue weighted by Crippen LogP contribution is 2.27. The zero-order valence-electron chi connectivity index (χ0n) is 12.1. The third kappa shape index (κ3) is 3.06. The normalized spacial score (nSPS) is 26.7. The summed E-state index contributed by atoms with van der Waals surface area (Å²) in [5.41, 5.74) is 0.336. The van der Waals surface area contributed by atoms with E-state index in [0.29, 0.717) is 12.2 Å². The van der Waals surface area contributed by atoms with E-state index in [2.05, 4.69) is 10.2 Å². The van der Waals surface area contributed by atoms with Gasteiger partial charge in [-0.05, 0) is 6.07 Å². The fourth-order valence-electron chi connectivity index (χ4n) is 3.18. The van der Waals surface area contributed by atoms with Gasteiger partial charge in [-0.15, -0.1) is 0 Å². The van der Waals surface area contributed by atoms with Crippen LogP contribution >= 0.6 is 11.6 Å². The SMILES string of the molecule is O=C(C[N+]12CCN(CC1)CC2)Nc1ccc([N+](=O)[O-])cc1Cl. The lowest BCUT2D eigenvalue weighted by atomic mass is 10.1. The molecule has 4 rings (SSSR count). The largest absolute Gasteiger partial charge is 0.320 e. The third-order valence-electron chi connectivity index (χ3n) is 4.59. The van der Waals surface area contributed by atoms with Gasteiger partial charge >= 0.3 is 0 Å². The molecular formula is C14H18ClN4O3+. The minimum Gasteiger partial charge on any atom is -0.320 e. The van der Waals surface area contributed by atoms with Gasteiger partial charge in [0.2, 0.25) is 0 Å². The van der Waals surface area contributed by atoms with Crippen molar-refractivity contribution in [1.29, 1.82) is 0 Å². The van der Waals surface area contributed by atoms with E-state index < -0.39 is 4.92 Å². The summed E-state index contributed by atoms with van der Waals surface area (Å²) < 4.78 is 0.826. The van der Waals surface area contributed by atoms with Crippen LogP contribution in [0.2, 0.25) is 5.02 Å². The maximum absolute atomic E-state index is 12.3. The lowest BCUT2D eigenvalue weighted by Crippen LogP contribution is -2.68. The fourth-order valence-corrected chi connectivity index (χ4v) is 3.40. The van der Waals surface area contributed by atoms with Gasteiger partial charge in [0.1, 0.15) is 0 Å². The Morgan fingerprint density at radius 1 is 1.32 bits per heavy atom. The Kier molecular flexibility index (Phi) is 4.03. The van der Waals surface area contributed by atoms with Crippen LogP contribution in [0.15, 0.2) is 18.2 Å². The van der Waals surface area contributed by atoms with E-state index >= 15 is 0 Å². The average Bonchev–Trinajstić information content (AvgIpc) is 2.50. The standard InChI is InChI=1S/C14H17ClN4O3/c15-12-9-11(18(21)22)1-2-13(12)16-14(20)10-19-6-3-17(4-7-19)5-8-19/h1-2,9H,3-8,10H2/p+1. The summed E-state index contributed by atoms with van der Waals surface area (Å²) in [6.07, 6.45) is 0. The van der Waals surface area contributed by atoms with Crippen molar-refractivity contribution in [1.82, 2.24) is 4.90 Å². The van der Waals surface area contributed by atoms with Gasteiger partial charge in [0.25, 0.3) is 11.6 Å². The fraction of sp³-hybridized carbons (Fsp3) is 0.500. The second-order valence-corrected chi connectivity index (χ2v) is 6.39. The molecule has 3 aliphatic rings. The Morgan fingerprint density at radius 2 is 1.95 bits per heavy atom. The molecule has 3 heterocycles. The van der Waals surface area contributed by atoms with Gasteiger partial charge in [0.15, 0.2) is 6.54 Å². The van der Waals surface area contributed by atoms with Crippen molar-refractivity contribution in [3.63, 3.8) is 0 Å². The Bertz CT molecular complexity index is 600. The smallest absolute Gasteiger partial charge is 0.279 e. The number of carbonyl (C=O) groups excluding carboxylic acids is 1. The van der Waals surface area contributed by atoms with Crippen LogP contribution in [0.5, 0.6) is 0 Å². The number of anilines is 1. The maximum Gasteiger partial charge on any atom is 0.279 e. The Balaban J connectivity index is 1.65. The second kappa shape index (κ2) is 5.83. The predicted molar refractivity (Wildman–Crippen MR) is 82.9 cm³/mol. The minimum absolute atomic E-state index is 0.0861. The molecule has 1 aromatic rings. The zero-order chi connectivity index (χ0) is 15.7. The Morgan fingerprint density at radius 3 is 2.50 bits per heavy atom. The highest BCUT2D eigenvalue weighted by molar-refractivity contribution is 6.33. The number of piperazine rings is 3. The molecule has 0 aromatic heterocycles. The van der Waals surface area contributed by atoms with Gasteiger partial charge < -0.3 is 9.80 Å².